The molecule has 0 aliphatic carbocycles. The van der Waals surface area contributed by atoms with Crippen molar-refractivity contribution >= 4 is 17.3 Å². The molecule has 0 saturated heterocycles. The molecule has 25 heavy (non-hydrogen) atoms. The number of nitro groups is 2. The third-order valence-corrected chi connectivity index (χ3v) is 3.67. The van der Waals surface area contributed by atoms with Crippen molar-refractivity contribution in [3.05, 3.63) is 79.9 Å². The van der Waals surface area contributed by atoms with Gasteiger partial charge in [-0.15, -0.1) is 0 Å². The van der Waals surface area contributed by atoms with Gasteiger partial charge in [-0.2, -0.15) is 0 Å². The van der Waals surface area contributed by atoms with E-state index in [0.29, 0.717) is 6.42 Å². The van der Waals surface area contributed by atoms with Crippen LogP contribution >= 0.6 is 0 Å². The van der Waals surface area contributed by atoms with Gasteiger partial charge in [-0.3, -0.25) is 25.0 Å². The van der Waals surface area contributed by atoms with Crippen molar-refractivity contribution in [1.82, 2.24) is 5.32 Å². The number of nitro benzene ring substituents is 2. The van der Waals surface area contributed by atoms with Crippen LogP contribution in [0.1, 0.15) is 29.3 Å². The minimum atomic E-state index is -0.761. The van der Waals surface area contributed by atoms with Gasteiger partial charge < -0.3 is 5.32 Å². The molecule has 2 aromatic rings. The molecule has 2 aromatic carbocycles. The third kappa shape index (κ3) is 5.10. The smallest absolute Gasteiger partial charge is 0.277 e. The Hall–Kier alpha value is -3.29. The first kappa shape index (κ1) is 18.1. The lowest BCUT2D eigenvalue weighted by atomic mass is 10.1. The fourth-order valence-electron chi connectivity index (χ4n) is 2.34. The van der Waals surface area contributed by atoms with Crippen LogP contribution < -0.4 is 5.32 Å². The quantitative estimate of drug-likeness (QED) is 0.612. The van der Waals surface area contributed by atoms with E-state index >= 15 is 0 Å². The van der Waals surface area contributed by atoms with Crippen molar-refractivity contribution in [1.29, 1.82) is 0 Å². The second-order valence-electron chi connectivity index (χ2n) is 5.65. The molecule has 1 atom stereocenters. The SMILES string of the molecule is CC(CCc1ccccc1)NC(=O)c1cc([N+](=O)[O-])cc([N+](=O)[O-])c1. The Kier molecular flexibility index (Phi) is 5.78. The molecule has 8 nitrogen and oxygen atoms in total. The lowest BCUT2D eigenvalue weighted by molar-refractivity contribution is -0.394. The van der Waals surface area contributed by atoms with Gasteiger partial charge in [-0.05, 0) is 25.3 Å². The van der Waals surface area contributed by atoms with Gasteiger partial charge >= 0.3 is 0 Å². The van der Waals surface area contributed by atoms with E-state index in [9.17, 15) is 25.0 Å². The van der Waals surface area contributed by atoms with Gasteiger partial charge in [-0.25, -0.2) is 0 Å². The molecule has 2 rings (SSSR count). The van der Waals surface area contributed by atoms with Crippen molar-refractivity contribution in [2.75, 3.05) is 0 Å². The average molecular weight is 343 g/mol. The predicted octanol–water partition coefficient (Wildman–Crippen LogP) is 3.25. The number of nitrogens with zero attached hydrogens (tertiary/aromatic N) is 2. The van der Waals surface area contributed by atoms with Crippen LogP contribution in [0.5, 0.6) is 0 Å². The van der Waals surface area contributed by atoms with Gasteiger partial charge in [0.25, 0.3) is 17.3 Å². The number of hydrogen-bond acceptors (Lipinski definition) is 5. The first-order chi connectivity index (χ1) is 11.9. The lowest BCUT2D eigenvalue weighted by Gasteiger charge is -2.14. The maximum atomic E-state index is 12.3. The van der Waals surface area contributed by atoms with E-state index in [2.05, 4.69) is 5.32 Å². The minimum absolute atomic E-state index is 0.104. The zero-order valence-electron chi connectivity index (χ0n) is 13.5. The molecular formula is C17H17N3O5. The largest absolute Gasteiger partial charge is 0.350 e. The van der Waals surface area contributed by atoms with Crippen molar-refractivity contribution in [2.24, 2.45) is 0 Å². The molecular weight excluding hydrogens is 326 g/mol. The summed E-state index contributed by atoms with van der Waals surface area (Å²) in [4.78, 5) is 32.5. The summed E-state index contributed by atoms with van der Waals surface area (Å²) in [5.41, 5.74) is 0.0506. The van der Waals surface area contributed by atoms with Gasteiger partial charge in [-0.1, -0.05) is 30.3 Å². The standard InChI is InChI=1S/C17H17N3O5/c1-12(7-8-13-5-3-2-4-6-13)18-17(21)14-9-15(19(22)23)11-16(10-14)20(24)25/h2-6,9-12H,7-8H2,1H3,(H,18,21). The number of non-ortho nitro benzene ring substituents is 2. The van der Waals surface area contributed by atoms with Gasteiger partial charge in [0.1, 0.15) is 0 Å². The van der Waals surface area contributed by atoms with E-state index < -0.39 is 27.1 Å². The summed E-state index contributed by atoms with van der Waals surface area (Å²) in [6.45, 7) is 1.81. The van der Waals surface area contributed by atoms with Crippen LogP contribution in [-0.2, 0) is 6.42 Å². The van der Waals surface area contributed by atoms with Crippen LogP contribution in [0.15, 0.2) is 48.5 Å². The molecule has 0 aromatic heterocycles. The van der Waals surface area contributed by atoms with E-state index in [1.165, 1.54) is 0 Å². The monoisotopic (exact) mass is 343 g/mol. The van der Waals surface area contributed by atoms with Crippen LogP contribution in [0.4, 0.5) is 11.4 Å². The van der Waals surface area contributed by atoms with Gasteiger partial charge in [0.15, 0.2) is 0 Å². The van der Waals surface area contributed by atoms with E-state index in [0.717, 1.165) is 30.2 Å². The summed E-state index contributed by atoms with van der Waals surface area (Å²) in [6, 6.07) is 12.5. The van der Waals surface area contributed by atoms with Crippen molar-refractivity contribution in [3.63, 3.8) is 0 Å². The fraction of sp³-hybridized carbons (Fsp3) is 0.235. The molecule has 1 unspecified atom stereocenters. The normalized spacial score (nSPS) is 11.6. The summed E-state index contributed by atoms with van der Waals surface area (Å²) >= 11 is 0. The van der Waals surface area contributed by atoms with E-state index in [1.807, 2.05) is 37.3 Å². The molecule has 1 N–H and O–H groups in total. The molecule has 0 fully saturated rings. The lowest BCUT2D eigenvalue weighted by Crippen LogP contribution is -2.33. The highest BCUT2D eigenvalue weighted by atomic mass is 16.6. The predicted molar refractivity (Wildman–Crippen MR) is 91.4 cm³/mol. The summed E-state index contributed by atoms with van der Waals surface area (Å²) in [7, 11) is 0. The zero-order valence-corrected chi connectivity index (χ0v) is 13.5. The average Bonchev–Trinajstić information content (AvgIpc) is 2.60. The van der Waals surface area contributed by atoms with Crippen LogP contribution in [0.3, 0.4) is 0 Å². The number of nitrogens with one attached hydrogen (secondary N) is 1. The summed E-state index contributed by atoms with van der Waals surface area (Å²) < 4.78 is 0. The Morgan fingerprint density at radius 2 is 1.60 bits per heavy atom. The number of aryl methyl sites for hydroxylation is 1. The van der Waals surface area contributed by atoms with Gasteiger partial charge in [0, 0.05) is 18.2 Å². The summed E-state index contributed by atoms with van der Waals surface area (Å²) in [5.74, 6) is -0.577. The highest BCUT2D eigenvalue weighted by Gasteiger charge is 2.20. The van der Waals surface area contributed by atoms with Crippen LogP contribution in [-0.4, -0.2) is 21.8 Å². The Morgan fingerprint density at radius 3 is 2.12 bits per heavy atom. The highest BCUT2D eigenvalue weighted by molar-refractivity contribution is 5.95. The zero-order chi connectivity index (χ0) is 18.4. The molecule has 0 aliphatic heterocycles. The molecule has 0 saturated carbocycles. The molecule has 0 bridgehead atoms. The maximum Gasteiger partial charge on any atom is 0.277 e. The van der Waals surface area contributed by atoms with Crippen LogP contribution in [0.2, 0.25) is 0 Å². The van der Waals surface area contributed by atoms with Crippen LogP contribution in [0, 0.1) is 20.2 Å². The molecule has 0 aliphatic rings. The number of rotatable bonds is 7. The van der Waals surface area contributed by atoms with Crippen molar-refractivity contribution in [3.8, 4) is 0 Å². The van der Waals surface area contributed by atoms with E-state index in [4.69, 9.17) is 0 Å². The van der Waals surface area contributed by atoms with Gasteiger partial charge in [0.2, 0.25) is 0 Å². The Bertz CT molecular complexity index is 760. The van der Waals surface area contributed by atoms with Crippen LogP contribution in [0.25, 0.3) is 0 Å². The number of hydrogen-bond donors (Lipinski definition) is 1. The minimum Gasteiger partial charge on any atom is -0.350 e. The number of carbonyl (C=O) groups excluding carboxylic acids is 1. The topological polar surface area (TPSA) is 115 Å². The molecule has 0 radical (unpaired) electrons. The number of benzene rings is 2. The van der Waals surface area contributed by atoms with E-state index in [1.54, 1.807) is 0 Å². The number of carbonyl (C=O) groups is 1. The van der Waals surface area contributed by atoms with Crippen molar-refractivity contribution < 1.29 is 14.6 Å². The Balaban J connectivity index is 2.06. The Labute approximate surface area is 143 Å². The molecule has 1 amide bonds. The second-order valence-corrected chi connectivity index (χ2v) is 5.65. The maximum absolute atomic E-state index is 12.3. The molecule has 0 heterocycles. The third-order valence-electron chi connectivity index (χ3n) is 3.67. The molecule has 0 spiro atoms. The van der Waals surface area contributed by atoms with Crippen molar-refractivity contribution in [2.45, 2.75) is 25.8 Å². The van der Waals surface area contributed by atoms with E-state index in [-0.39, 0.29) is 11.6 Å². The second kappa shape index (κ2) is 8.00. The fourth-order valence-corrected chi connectivity index (χ4v) is 2.34. The first-order valence-corrected chi connectivity index (χ1v) is 7.65. The molecule has 8 heteroatoms. The summed E-state index contributed by atoms with van der Waals surface area (Å²) in [6.07, 6.45) is 1.43. The Morgan fingerprint density at radius 1 is 1.04 bits per heavy atom. The highest BCUT2D eigenvalue weighted by Crippen LogP contribution is 2.22. The first-order valence-electron chi connectivity index (χ1n) is 7.65. The van der Waals surface area contributed by atoms with Gasteiger partial charge in [0.05, 0.1) is 21.5 Å². The number of amides is 1. The molecule has 130 valence electrons. The summed E-state index contributed by atoms with van der Waals surface area (Å²) in [5, 5.41) is 24.5.